The third-order valence-corrected chi connectivity index (χ3v) is 5.76. The molecule has 0 saturated carbocycles. The highest BCUT2D eigenvalue weighted by molar-refractivity contribution is 5.97. The lowest BCUT2D eigenvalue weighted by Gasteiger charge is -2.31. The van der Waals surface area contributed by atoms with Crippen LogP contribution in [0.3, 0.4) is 0 Å². The third-order valence-electron chi connectivity index (χ3n) is 5.76. The van der Waals surface area contributed by atoms with Crippen molar-refractivity contribution in [3.63, 3.8) is 0 Å². The summed E-state index contributed by atoms with van der Waals surface area (Å²) in [5.41, 5.74) is 1.59. The van der Waals surface area contributed by atoms with Gasteiger partial charge in [-0.15, -0.1) is 0 Å². The summed E-state index contributed by atoms with van der Waals surface area (Å²) >= 11 is 0. The molecule has 3 atom stereocenters. The summed E-state index contributed by atoms with van der Waals surface area (Å²) in [7, 11) is 0. The van der Waals surface area contributed by atoms with Gasteiger partial charge >= 0.3 is 0 Å². The van der Waals surface area contributed by atoms with Crippen LogP contribution >= 0.6 is 0 Å². The molecule has 3 N–H and O–H groups in total. The van der Waals surface area contributed by atoms with Crippen LogP contribution in [-0.4, -0.2) is 36.0 Å². The summed E-state index contributed by atoms with van der Waals surface area (Å²) in [6.45, 7) is 0. The Hall–Kier alpha value is -2.66. The Balaban J connectivity index is 1.45. The average Bonchev–Trinajstić information content (AvgIpc) is 3.07. The second kappa shape index (κ2) is 8.57. The largest absolute Gasteiger partial charge is 0.351 e. The van der Waals surface area contributed by atoms with Crippen LogP contribution in [-0.2, 0) is 11.2 Å². The summed E-state index contributed by atoms with van der Waals surface area (Å²) in [6, 6.07) is 19.5. The minimum absolute atomic E-state index is 0.0977. The summed E-state index contributed by atoms with van der Waals surface area (Å²) in [5, 5.41) is 9.74. The summed E-state index contributed by atoms with van der Waals surface area (Å²) < 4.78 is 0. The minimum atomic E-state index is -0.595. The van der Waals surface area contributed by atoms with Gasteiger partial charge in [0.1, 0.15) is 6.04 Å². The van der Waals surface area contributed by atoms with E-state index in [-0.39, 0.29) is 17.9 Å². The third kappa shape index (κ3) is 4.60. The molecule has 0 spiro atoms. The molecular formula is C23H27N3O2. The molecule has 3 unspecified atom stereocenters. The fraction of sp³-hybridized carbons (Fsp3) is 0.391. The van der Waals surface area contributed by atoms with E-state index >= 15 is 0 Å². The first-order chi connectivity index (χ1) is 13.7. The van der Waals surface area contributed by atoms with Crippen molar-refractivity contribution in [3.8, 4) is 0 Å². The zero-order valence-electron chi connectivity index (χ0n) is 15.9. The number of benzene rings is 2. The number of hydrogen-bond acceptors (Lipinski definition) is 3. The molecule has 0 aliphatic carbocycles. The van der Waals surface area contributed by atoms with Crippen LogP contribution < -0.4 is 16.0 Å². The quantitative estimate of drug-likeness (QED) is 0.724. The molecule has 2 saturated heterocycles. The van der Waals surface area contributed by atoms with Crippen molar-refractivity contribution in [3.05, 3.63) is 71.8 Å². The lowest BCUT2D eigenvalue weighted by molar-refractivity contribution is -0.123. The lowest BCUT2D eigenvalue weighted by Crippen LogP contribution is -2.54. The fourth-order valence-corrected chi connectivity index (χ4v) is 4.37. The molecule has 2 bridgehead atoms. The van der Waals surface area contributed by atoms with Gasteiger partial charge < -0.3 is 16.0 Å². The van der Waals surface area contributed by atoms with Gasteiger partial charge in [-0.05, 0) is 43.4 Å². The van der Waals surface area contributed by atoms with Crippen molar-refractivity contribution >= 4 is 11.8 Å². The maximum absolute atomic E-state index is 13.1. The number of amides is 2. The number of carbonyl (C=O) groups is 2. The highest BCUT2D eigenvalue weighted by atomic mass is 16.2. The molecule has 2 fully saturated rings. The van der Waals surface area contributed by atoms with Gasteiger partial charge in [-0.3, -0.25) is 9.59 Å². The molecule has 146 valence electrons. The molecule has 5 heteroatoms. The fourth-order valence-electron chi connectivity index (χ4n) is 4.37. The van der Waals surface area contributed by atoms with Crippen LogP contribution in [0.5, 0.6) is 0 Å². The van der Waals surface area contributed by atoms with Gasteiger partial charge in [0, 0.05) is 30.1 Å². The minimum Gasteiger partial charge on any atom is -0.351 e. The van der Waals surface area contributed by atoms with E-state index in [1.54, 1.807) is 12.1 Å². The van der Waals surface area contributed by atoms with Crippen LogP contribution in [0.4, 0.5) is 0 Å². The standard InChI is InChI=1S/C23H27N3O2/c27-22(17-9-5-2-6-10-17)26-21(13-16-7-3-1-4-8-16)23(28)25-20-14-18-11-12-19(15-20)24-18/h1-10,18-21,24H,11-15H2,(H,25,28)(H,26,27). The molecule has 0 aromatic heterocycles. The van der Waals surface area contributed by atoms with E-state index in [9.17, 15) is 9.59 Å². The van der Waals surface area contributed by atoms with Crippen molar-refractivity contribution in [1.82, 2.24) is 16.0 Å². The molecule has 2 aromatic carbocycles. The molecule has 2 aromatic rings. The van der Waals surface area contributed by atoms with Crippen molar-refractivity contribution in [2.75, 3.05) is 0 Å². The van der Waals surface area contributed by atoms with Crippen molar-refractivity contribution in [2.24, 2.45) is 0 Å². The molecular weight excluding hydrogens is 350 g/mol. The number of hydrogen-bond donors (Lipinski definition) is 3. The van der Waals surface area contributed by atoms with Crippen LogP contribution in [0, 0.1) is 0 Å². The Morgan fingerprint density at radius 3 is 2.18 bits per heavy atom. The molecule has 2 aliphatic rings. The summed E-state index contributed by atoms with van der Waals surface area (Å²) in [6.07, 6.45) is 4.79. The Morgan fingerprint density at radius 1 is 0.929 bits per heavy atom. The van der Waals surface area contributed by atoms with Crippen LogP contribution in [0.2, 0.25) is 0 Å². The predicted molar refractivity (Wildman–Crippen MR) is 109 cm³/mol. The van der Waals surface area contributed by atoms with Gasteiger partial charge in [0.15, 0.2) is 0 Å². The Bertz CT molecular complexity index is 797. The van der Waals surface area contributed by atoms with Crippen LogP contribution in [0.1, 0.15) is 41.6 Å². The van der Waals surface area contributed by atoms with E-state index in [1.807, 2.05) is 48.5 Å². The number of fused-ring (bicyclic) bond motifs is 2. The Labute approximate surface area is 165 Å². The first-order valence-corrected chi connectivity index (χ1v) is 10.1. The van der Waals surface area contributed by atoms with Gasteiger partial charge in [-0.2, -0.15) is 0 Å². The van der Waals surface area contributed by atoms with E-state index in [2.05, 4.69) is 16.0 Å². The van der Waals surface area contributed by atoms with Gasteiger partial charge in [0.05, 0.1) is 0 Å². The Morgan fingerprint density at radius 2 is 1.54 bits per heavy atom. The summed E-state index contributed by atoms with van der Waals surface area (Å²) in [4.78, 5) is 25.7. The number of rotatable bonds is 6. The number of carbonyl (C=O) groups excluding carboxylic acids is 2. The lowest BCUT2D eigenvalue weighted by atomic mass is 9.98. The topological polar surface area (TPSA) is 70.2 Å². The van der Waals surface area contributed by atoms with E-state index in [0.29, 0.717) is 24.1 Å². The second-order valence-electron chi connectivity index (χ2n) is 7.90. The van der Waals surface area contributed by atoms with E-state index in [1.165, 1.54) is 12.8 Å². The normalized spacial score (nSPS) is 24.4. The number of piperidine rings is 1. The second-order valence-corrected chi connectivity index (χ2v) is 7.90. The Kier molecular flexibility index (Phi) is 5.72. The predicted octanol–water partition coefficient (Wildman–Crippen LogP) is 2.43. The van der Waals surface area contributed by atoms with Crippen molar-refractivity contribution in [2.45, 2.75) is 56.3 Å². The molecule has 2 heterocycles. The smallest absolute Gasteiger partial charge is 0.251 e. The van der Waals surface area contributed by atoms with E-state index < -0.39 is 6.04 Å². The van der Waals surface area contributed by atoms with Gasteiger partial charge in [-0.25, -0.2) is 0 Å². The zero-order chi connectivity index (χ0) is 19.3. The van der Waals surface area contributed by atoms with E-state index in [4.69, 9.17) is 0 Å². The molecule has 4 rings (SSSR count). The van der Waals surface area contributed by atoms with Gasteiger partial charge in [-0.1, -0.05) is 48.5 Å². The first-order valence-electron chi connectivity index (χ1n) is 10.1. The maximum Gasteiger partial charge on any atom is 0.251 e. The monoisotopic (exact) mass is 377 g/mol. The van der Waals surface area contributed by atoms with Crippen LogP contribution in [0.25, 0.3) is 0 Å². The highest BCUT2D eigenvalue weighted by Crippen LogP contribution is 2.26. The molecule has 28 heavy (non-hydrogen) atoms. The van der Waals surface area contributed by atoms with E-state index in [0.717, 1.165) is 18.4 Å². The van der Waals surface area contributed by atoms with Crippen LogP contribution in [0.15, 0.2) is 60.7 Å². The summed E-state index contributed by atoms with van der Waals surface area (Å²) in [5.74, 6) is -0.318. The molecule has 2 aliphatic heterocycles. The molecule has 5 nitrogen and oxygen atoms in total. The highest BCUT2D eigenvalue weighted by Gasteiger charge is 2.35. The van der Waals surface area contributed by atoms with Crippen molar-refractivity contribution < 1.29 is 9.59 Å². The van der Waals surface area contributed by atoms with Crippen molar-refractivity contribution in [1.29, 1.82) is 0 Å². The molecule has 2 amide bonds. The molecule has 0 radical (unpaired) electrons. The van der Waals surface area contributed by atoms with Gasteiger partial charge in [0.2, 0.25) is 5.91 Å². The zero-order valence-corrected chi connectivity index (χ0v) is 15.9. The van der Waals surface area contributed by atoms with Gasteiger partial charge in [0.25, 0.3) is 5.91 Å². The maximum atomic E-state index is 13.1. The first kappa shape index (κ1) is 18.7. The SMILES string of the molecule is O=C(NC(Cc1ccccc1)C(=O)NC1CC2CCC(C1)N2)c1ccccc1. The number of nitrogens with one attached hydrogen (secondary N) is 3. The average molecular weight is 377 g/mol.